The minimum atomic E-state index is -0.872. The quantitative estimate of drug-likeness (QED) is 0.326. The summed E-state index contributed by atoms with van der Waals surface area (Å²) in [6, 6.07) is 30.7. The Morgan fingerprint density at radius 2 is 1.19 bits per heavy atom. The van der Waals surface area contributed by atoms with Crippen molar-refractivity contribution in [3.63, 3.8) is 0 Å². The molecule has 0 aliphatic heterocycles. The summed E-state index contributed by atoms with van der Waals surface area (Å²) in [5.74, 6) is 0.346. The smallest absolute Gasteiger partial charge is 0.0951 e. The molecular weight excluding hydrogens is 382 g/mol. The number of nitrogens with one attached hydrogen (secondary N) is 1. The van der Waals surface area contributed by atoms with E-state index in [1.54, 1.807) is 0 Å². The van der Waals surface area contributed by atoms with Crippen LogP contribution in [0.5, 0.6) is 0 Å². The molecule has 0 bridgehead atoms. The van der Waals surface area contributed by atoms with Gasteiger partial charge in [0.2, 0.25) is 0 Å². The number of hydrogen-bond donors (Lipinski definition) is 3. The average molecular weight is 416 g/mol. The van der Waals surface area contributed by atoms with Crippen LogP contribution in [0.4, 0.5) is 0 Å². The predicted molar refractivity (Wildman–Crippen MR) is 128 cm³/mol. The summed E-state index contributed by atoms with van der Waals surface area (Å²) in [6.45, 7) is 7.94. The zero-order valence-electron chi connectivity index (χ0n) is 18.4. The van der Waals surface area contributed by atoms with Gasteiger partial charge < -0.3 is 10.2 Å². The Kier molecular flexibility index (Phi) is 7.80. The lowest BCUT2D eigenvalue weighted by Crippen LogP contribution is -2.54. The fourth-order valence-corrected chi connectivity index (χ4v) is 4.25. The van der Waals surface area contributed by atoms with Gasteiger partial charge in [-0.15, -0.1) is 0 Å². The van der Waals surface area contributed by atoms with Gasteiger partial charge in [-0.1, -0.05) is 111 Å². The summed E-state index contributed by atoms with van der Waals surface area (Å²) in [7, 11) is 0. The van der Waals surface area contributed by atoms with Crippen molar-refractivity contribution < 1.29 is 10.2 Å². The molecule has 3 heteroatoms. The number of benzene rings is 3. The van der Waals surface area contributed by atoms with Crippen LogP contribution in [0.2, 0.25) is 0 Å². The molecule has 162 valence electrons. The fraction of sp³-hybridized carbons (Fsp3) is 0.286. The van der Waals surface area contributed by atoms with Crippen molar-refractivity contribution in [1.29, 1.82) is 0 Å². The molecule has 0 heterocycles. The zero-order chi connectivity index (χ0) is 22.3. The Bertz CT molecular complexity index is 842. The third kappa shape index (κ3) is 5.13. The van der Waals surface area contributed by atoms with Gasteiger partial charge in [0.1, 0.15) is 0 Å². The predicted octanol–water partition coefficient (Wildman–Crippen LogP) is 4.89. The van der Waals surface area contributed by atoms with Gasteiger partial charge in [-0.25, -0.2) is 0 Å². The first-order chi connectivity index (χ1) is 15.0. The molecule has 0 aromatic heterocycles. The number of aliphatic hydroxyl groups is 2. The second-order valence-electron chi connectivity index (χ2n) is 8.49. The van der Waals surface area contributed by atoms with E-state index < -0.39 is 11.6 Å². The molecule has 3 aromatic rings. The zero-order valence-corrected chi connectivity index (χ0v) is 18.4. The number of rotatable bonds is 10. The summed E-state index contributed by atoms with van der Waals surface area (Å²) < 4.78 is 0. The van der Waals surface area contributed by atoms with Crippen molar-refractivity contribution in [2.24, 2.45) is 5.92 Å². The minimum absolute atomic E-state index is 0.244. The van der Waals surface area contributed by atoms with Crippen LogP contribution in [0.15, 0.2) is 103 Å². The molecule has 0 saturated heterocycles. The van der Waals surface area contributed by atoms with E-state index in [4.69, 9.17) is 0 Å². The molecule has 0 spiro atoms. The van der Waals surface area contributed by atoms with Crippen molar-refractivity contribution in [3.8, 4) is 0 Å². The molecule has 0 radical (unpaired) electrons. The monoisotopic (exact) mass is 415 g/mol. The Morgan fingerprint density at radius 1 is 0.806 bits per heavy atom. The van der Waals surface area contributed by atoms with Crippen LogP contribution in [-0.2, 0) is 5.54 Å². The van der Waals surface area contributed by atoms with Gasteiger partial charge in [0.15, 0.2) is 0 Å². The van der Waals surface area contributed by atoms with E-state index in [1.165, 1.54) is 0 Å². The highest BCUT2D eigenvalue weighted by Gasteiger charge is 2.40. The number of aliphatic hydroxyl groups excluding tert-OH is 2. The van der Waals surface area contributed by atoms with E-state index in [1.807, 2.05) is 54.6 Å². The van der Waals surface area contributed by atoms with Gasteiger partial charge >= 0.3 is 0 Å². The van der Waals surface area contributed by atoms with Crippen LogP contribution in [0.25, 0.3) is 0 Å². The molecule has 3 rings (SSSR count). The summed E-state index contributed by atoms with van der Waals surface area (Å²) in [5.41, 5.74) is 3.00. The van der Waals surface area contributed by atoms with Crippen molar-refractivity contribution in [1.82, 2.24) is 5.32 Å². The van der Waals surface area contributed by atoms with Crippen molar-refractivity contribution >= 4 is 0 Å². The fourth-order valence-electron chi connectivity index (χ4n) is 4.25. The minimum Gasteiger partial charge on any atom is -0.392 e. The molecule has 0 aliphatic rings. The highest BCUT2D eigenvalue weighted by atomic mass is 16.3. The van der Waals surface area contributed by atoms with Gasteiger partial charge in [-0.3, -0.25) is 5.32 Å². The number of hydrogen-bond acceptors (Lipinski definition) is 3. The first-order valence-electron chi connectivity index (χ1n) is 10.9. The normalized spacial score (nSPS) is 13.7. The first kappa shape index (κ1) is 23.0. The molecule has 3 aromatic carbocycles. The lowest BCUT2D eigenvalue weighted by atomic mass is 9.75. The largest absolute Gasteiger partial charge is 0.392 e. The molecule has 0 aliphatic carbocycles. The van der Waals surface area contributed by atoms with Crippen LogP contribution in [0.1, 0.15) is 37.0 Å². The Labute approximate surface area is 186 Å². The Hall–Kier alpha value is -2.72. The van der Waals surface area contributed by atoms with E-state index in [0.717, 1.165) is 23.1 Å². The van der Waals surface area contributed by atoms with Crippen LogP contribution in [0.3, 0.4) is 0 Å². The molecule has 0 fully saturated rings. The average Bonchev–Trinajstić information content (AvgIpc) is 2.82. The van der Waals surface area contributed by atoms with Crippen molar-refractivity contribution in [3.05, 3.63) is 120 Å². The lowest BCUT2D eigenvalue weighted by Gasteiger charge is -2.42. The van der Waals surface area contributed by atoms with Crippen molar-refractivity contribution in [2.75, 3.05) is 6.61 Å². The third-order valence-corrected chi connectivity index (χ3v) is 5.75. The van der Waals surface area contributed by atoms with E-state index in [9.17, 15) is 10.2 Å². The highest BCUT2D eigenvalue weighted by molar-refractivity contribution is 5.49. The topological polar surface area (TPSA) is 52.5 Å². The Morgan fingerprint density at radius 3 is 1.52 bits per heavy atom. The standard InChI is InChI=1S/C28H33NO2/c1-21(2)19-26(27(31)22(3)20-30)29-28(23-13-7-4-8-14-23,24-15-9-5-10-16-24)25-17-11-6-12-18-25/h4-18,21,26-27,29-31H,3,19-20H2,1-2H3/t26-,27+/m0/s1. The maximum atomic E-state index is 11.1. The lowest BCUT2D eigenvalue weighted by molar-refractivity contribution is 0.121. The van der Waals surface area contributed by atoms with Gasteiger partial charge in [0, 0.05) is 6.04 Å². The molecule has 3 N–H and O–H groups in total. The SMILES string of the molecule is C=C(CO)[C@@H](O)[C@H](CC(C)C)NC(c1ccccc1)(c1ccccc1)c1ccccc1. The van der Waals surface area contributed by atoms with E-state index >= 15 is 0 Å². The maximum Gasteiger partial charge on any atom is 0.0951 e. The molecule has 3 nitrogen and oxygen atoms in total. The van der Waals surface area contributed by atoms with Gasteiger partial charge in [0.05, 0.1) is 18.2 Å². The Balaban J connectivity index is 2.24. The summed E-state index contributed by atoms with van der Waals surface area (Å²) in [6.07, 6.45) is -0.142. The summed E-state index contributed by atoms with van der Waals surface area (Å²) in [4.78, 5) is 0. The summed E-state index contributed by atoms with van der Waals surface area (Å²) in [5, 5.41) is 24.6. The second kappa shape index (κ2) is 10.5. The molecule has 0 amide bonds. The molecular formula is C28H33NO2. The molecule has 0 unspecified atom stereocenters. The van der Waals surface area contributed by atoms with E-state index in [0.29, 0.717) is 11.5 Å². The van der Waals surface area contributed by atoms with Gasteiger partial charge in [-0.05, 0) is 34.6 Å². The molecule has 0 saturated carbocycles. The van der Waals surface area contributed by atoms with Crippen LogP contribution < -0.4 is 5.32 Å². The van der Waals surface area contributed by atoms with Crippen LogP contribution in [-0.4, -0.2) is 29.0 Å². The second-order valence-corrected chi connectivity index (χ2v) is 8.49. The van der Waals surface area contributed by atoms with Gasteiger partial charge in [-0.2, -0.15) is 0 Å². The highest BCUT2D eigenvalue weighted by Crippen LogP contribution is 2.38. The molecule has 31 heavy (non-hydrogen) atoms. The van der Waals surface area contributed by atoms with E-state index in [-0.39, 0.29) is 12.6 Å². The van der Waals surface area contributed by atoms with Crippen LogP contribution >= 0.6 is 0 Å². The van der Waals surface area contributed by atoms with E-state index in [2.05, 4.69) is 62.1 Å². The first-order valence-corrected chi connectivity index (χ1v) is 10.9. The molecule has 2 atom stereocenters. The maximum absolute atomic E-state index is 11.1. The van der Waals surface area contributed by atoms with Crippen LogP contribution in [0, 0.1) is 5.92 Å². The summed E-state index contributed by atoms with van der Waals surface area (Å²) >= 11 is 0. The van der Waals surface area contributed by atoms with Crippen molar-refractivity contribution in [2.45, 2.75) is 38.0 Å². The van der Waals surface area contributed by atoms with Gasteiger partial charge in [0.25, 0.3) is 0 Å². The third-order valence-electron chi connectivity index (χ3n) is 5.75.